The van der Waals surface area contributed by atoms with Gasteiger partial charge in [0.2, 0.25) is 0 Å². The Hall–Kier alpha value is -1.33. The van der Waals surface area contributed by atoms with Crippen molar-refractivity contribution in [3.05, 3.63) is 57.6 Å². The molecule has 2 N–H and O–H groups in total. The zero-order valence-corrected chi connectivity index (χ0v) is 31.7. The second-order valence-corrected chi connectivity index (χ2v) is 15.9. The Labute approximate surface area is 289 Å². The largest absolute Gasteiger partial charge is 0.507 e. The molecule has 1 fully saturated rings. The predicted molar refractivity (Wildman–Crippen MR) is 187 cm³/mol. The van der Waals surface area contributed by atoms with E-state index in [-0.39, 0.29) is 80.3 Å². The molecular formula is C36H56Cl2N2O2Ti. The molecule has 0 amide bonds. The molecule has 0 spiro atoms. The molecule has 240 valence electrons. The number of aromatic hydroxyl groups is 2. The summed E-state index contributed by atoms with van der Waals surface area (Å²) in [5.74, 6) is 0.637. The van der Waals surface area contributed by atoms with Crippen LogP contribution in [0.15, 0.2) is 34.3 Å². The maximum absolute atomic E-state index is 11.2. The monoisotopic (exact) mass is 666 g/mol. The van der Waals surface area contributed by atoms with Crippen molar-refractivity contribution in [2.24, 2.45) is 9.98 Å². The van der Waals surface area contributed by atoms with Gasteiger partial charge in [0.05, 0.1) is 12.1 Å². The fourth-order valence-electron chi connectivity index (χ4n) is 5.31. The number of rotatable bonds is 4. The van der Waals surface area contributed by atoms with Gasteiger partial charge in [0, 0.05) is 56.4 Å². The van der Waals surface area contributed by atoms with Gasteiger partial charge in [0.25, 0.3) is 0 Å². The number of phenolic OH excluding ortho intramolecular Hbond substituents is 2. The van der Waals surface area contributed by atoms with Crippen LogP contribution in [-0.2, 0) is 43.4 Å². The van der Waals surface area contributed by atoms with Crippen molar-refractivity contribution in [1.29, 1.82) is 0 Å². The molecule has 3 rings (SSSR count). The summed E-state index contributed by atoms with van der Waals surface area (Å²) in [7, 11) is 0. The number of hydrogen-bond donors (Lipinski definition) is 2. The zero-order chi connectivity index (χ0) is 30.3. The van der Waals surface area contributed by atoms with E-state index in [1.807, 2.05) is 12.4 Å². The number of phenols is 2. The number of halogens is 2. The van der Waals surface area contributed by atoms with E-state index >= 15 is 0 Å². The third kappa shape index (κ3) is 10.6. The molecule has 0 radical (unpaired) electrons. The molecule has 2 aromatic rings. The first-order chi connectivity index (χ1) is 18.2. The Morgan fingerprint density at radius 2 is 0.860 bits per heavy atom. The van der Waals surface area contributed by atoms with Gasteiger partial charge in [-0.25, -0.2) is 0 Å². The van der Waals surface area contributed by atoms with Crippen molar-refractivity contribution in [2.45, 2.75) is 143 Å². The van der Waals surface area contributed by atoms with Crippen LogP contribution in [-0.4, -0.2) is 34.7 Å². The first-order valence-electron chi connectivity index (χ1n) is 15.0. The van der Waals surface area contributed by atoms with Crippen molar-refractivity contribution < 1.29 is 31.9 Å². The summed E-state index contributed by atoms with van der Waals surface area (Å²) in [6, 6.07) is 8.53. The summed E-state index contributed by atoms with van der Waals surface area (Å²) in [4.78, 5) is 10.1. The molecule has 0 heterocycles. The van der Waals surface area contributed by atoms with Crippen molar-refractivity contribution in [2.75, 3.05) is 0 Å². The molecule has 0 bridgehead atoms. The van der Waals surface area contributed by atoms with Crippen LogP contribution in [0.25, 0.3) is 0 Å². The second kappa shape index (κ2) is 15.3. The maximum Gasteiger partial charge on any atom is 0.128 e. The molecule has 0 unspecified atom stereocenters. The molecule has 4 nitrogen and oxygen atoms in total. The van der Waals surface area contributed by atoms with Crippen LogP contribution < -0.4 is 0 Å². The molecule has 2 atom stereocenters. The molecule has 0 aliphatic heterocycles. The first kappa shape index (κ1) is 41.7. The summed E-state index contributed by atoms with van der Waals surface area (Å²) >= 11 is 0. The molecule has 1 aliphatic carbocycles. The molecule has 0 aromatic heterocycles. The maximum atomic E-state index is 11.2. The Bertz CT molecular complexity index is 1180. The minimum absolute atomic E-state index is 0. The van der Waals surface area contributed by atoms with Gasteiger partial charge in [-0.15, -0.1) is 24.8 Å². The van der Waals surface area contributed by atoms with Gasteiger partial charge in [-0.3, -0.25) is 9.98 Å². The predicted octanol–water partition coefficient (Wildman–Crippen LogP) is 9.98. The van der Waals surface area contributed by atoms with Gasteiger partial charge in [-0.2, -0.15) is 0 Å². The van der Waals surface area contributed by atoms with E-state index in [1.54, 1.807) is 0 Å². The molecule has 2 aromatic carbocycles. The van der Waals surface area contributed by atoms with Crippen LogP contribution in [0.1, 0.15) is 142 Å². The van der Waals surface area contributed by atoms with Crippen LogP contribution in [0.5, 0.6) is 11.5 Å². The van der Waals surface area contributed by atoms with E-state index in [2.05, 4.69) is 107 Å². The average molecular weight is 668 g/mol. The third-order valence-electron chi connectivity index (χ3n) is 8.13. The fourth-order valence-corrected chi connectivity index (χ4v) is 5.31. The van der Waals surface area contributed by atoms with Crippen LogP contribution >= 0.6 is 24.8 Å². The normalized spacial score (nSPS) is 18.2. The molecular weight excluding hydrogens is 611 g/mol. The van der Waals surface area contributed by atoms with Gasteiger partial charge in [0.15, 0.2) is 0 Å². The summed E-state index contributed by atoms with van der Waals surface area (Å²) < 4.78 is 0. The van der Waals surface area contributed by atoms with Gasteiger partial charge < -0.3 is 10.2 Å². The molecule has 7 heteroatoms. The summed E-state index contributed by atoms with van der Waals surface area (Å²) in [5, 5.41) is 22.5. The molecule has 1 saturated carbocycles. The second-order valence-electron chi connectivity index (χ2n) is 15.9. The Balaban J connectivity index is 0.00000588. The Morgan fingerprint density at radius 3 is 1.12 bits per heavy atom. The Morgan fingerprint density at radius 1 is 0.558 bits per heavy atom. The minimum atomic E-state index is -0.179. The fraction of sp³-hybridized carbons (Fsp3) is 0.611. The standard InChI is InChI=1S/C36H54N2O2.2ClH.Ti/c1-33(2,3)25-17-23(31(39)27(19-25)35(7,8)9)21-37-29-15-13-14-16-30(29)38-22-24-18-26(34(4,5)6)20-28(32(24)40)36(10,11)12;;;/h17-22,29-30,39-40H,13-16H2,1-12H3;2*1H;/t29-,30-;;;/m0.../s1. The van der Waals surface area contributed by atoms with Crippen molar-refractivity contribution >= 4 is 37.2 Å². The van der Waals surface area contributed by atoms with Crippen LogP contribution in [0.2, 0.25) is 0 Å². The minimum Gasteiger partial charge on any atom is -0.507 e. The van der Waals surface area contributed by atoms with Gasteiger partial charge >= 0.3 is 0 Å². The van der Waals surface area contributed by atoms with E-state index in [4.69, 9.17) is 9.98 Å². The quantitative estimate of drug-likeness (QED) is 0.252. The van der Waals surface area contributed by atoms with E-state index in [9.17, 15) is 10.2 Å². The summed E-state index contributed by atoms with van der Waals surface area (Å²) in [6.07, 6.45) is 7.90. The molecule has 43 heavy (non-hydrogen) atoms. The average Bonchev–Trinajstić information content (AvgIpc) is 2.80. The van der Waals surface area contributed by atoms with E-state index in [0.29, 0.717) is 11.5 Å². The molecule has 1 aliphatic rings. The number of nitrogens with zero attached hydrogens (tertiary/aromatic N) is 2. The van der Waals surface area contributed by atoms with E-state index in [0.717, 1.165) is 47.9 Å². The number of aliphatic imine (C=N–C) groups is 2. The van der Waals surface area contributed by atoms with Gasteiger partial charge in [0.1, 0.15) is 11.5 Å². The zero-order valence-electron chi connectivity index (χ0n) is 28.6. The van der Waals surface area contributed by atoms with Crippen LogP contribution in [0.3, 0.4) is 0 Å². The van der Waals surface area contributed by atoms with Crippen LogP contribution in [0, 0.1) is 0 Å². The molecule has 0 saturated heterocycles. The third-order valence-corrected chi connectivity index (χ3v) is 8.13. The summed E-state index contributed by atoms with van der Waals surface area (Å²) in [6.45, 7) is 26.0. The topological polar surface area (TPSA) is 65.2 Å². The first-order valence-corrected chi connectivity index (χ1v) is 15.0. The SMILES string of the molecule is CC(C)(C)c1cc(C=N[C@H]2CCCC[C@@H]2N=Cc2cc(C(C)(C)C)cc(C(C)(C)C)c2O)c(O)c(C(C)(C)C)c1.Cl.Cl.[Ti]. The van der Waals surface area contributed by atoms with Crippen molar-refractivity contribution in [3.63, 3.8) is 0 Å². The number of benzene rings is 2. The van der Waals surface area contributed by atoms with E-state index in [1.165, 1.54) is 11.1 Å². The van der Waals surface area contributed by atoms with Crippen molar-refractivity contribution in [3.8, 4) is 11.5 Å². The van der Waals surface area contributed by atoms with E-state index < -0.39 is 0 Å². The smallest absolute Gasteiger partial charge is 0.128 e. The van der Waals surface area contributed by atoms with Gasteiger partial charge in [-0.1, -0.05) is 108 Å². The van der Waals surface area contributed by atoms with Crippen LogP contribution in [0.4, 0.5) is 0 Å². The van der Waals surface area contributed by atoms with Crippen molar-refractivity contribution in [1.82, 2.24) is 0 Å². The van der Waals surface area contributed by atoms with Gasteiger partial charge in [-0.05, 0) is 57.8 Å². The summed E-state index contributed by atoms with van der Waals surface area (Å²) in [5.41, 5.74) is 5.39. The Kier molecular flexibility index (Phi) is 14.8. The number of hydrogen-bond acceptors (Lipinski definition) is 4.